The average Bonchev–Trinajstić information content (AvgIpc) is 3.47. The maximum Gasteiger partial charge on any atom is 0.306 e. The molecule has 0 saturated carbocycles. The highest BCUT2D eigenvalue weighted by Crippen LogP contribution is 2.17. The molecule has 0 aromatic rings. The lowest BCUT2D eigenvalue weighted by molar-refractivity contribution is -0.167. The Balaban J connectivity index is 4.43. The fraction of sp³-hybridized carbons (Fsp3) is 0.750. The zero-order chi connectivity index (χ0) is 59.2. The smallest absolute Gasteiger partial charge is 0.306 e. The van der Waals surface area contributed by atoms with Gasteiger partial charge in [0.15, 0.2) is 6.10 Å². The lowest BCUT2D eigenvalue weighted by atomic mass is 10.0. The van der Waals surface area contributed by atoms with Crippen molar-refractivity contribution in [1.29, 1.82) is 0 Å². The first-order valence-electron chi connectivity index (χ1n) is 35.2. The number of allylic oxidation sites excluding steroid dienone is 16. The molecule has 0 bridgehead atoms. The summed E-state index contributed by atoms with van der Waals surface area (Å²) in [6.07, 6.45) is 94.3. The first kappa shape index (κ1) is 78.3. The van der Waals surface area contributed by atoms with E-state index in [4.69, 9.17) is 14.2 Å². The second kappa shape index (κ2) is 69.8. The molecule has 1 unspecified atom stereocenters. The van der Waals surface area contributed by atoms with E-state index in [1.54, 1.807) is 0 Å². The zero-order valence-electron chi connectivity index (χ0n) is 54.2. The first-order chi connectivity index (χ1) is 40.5. The topological polar surface area (TPSA) is 78.9 Å². The molecule has 0 aliphatic rings. The van der Waals surface area contributed by atoms with Gasteiger partial charge in [-0.3, -0.25) is 14.4 Å². The van der Waals surface area contributed by atoms with Crippen molar-refractivity contribution in [3.05, 3.63) is 97.2 Å². The number of hydrogen-bond donors (Lipinski definition) is 0. The highest BCUT2D eigenvalue weighted by atomic mass is 16.6. The van der Waals surface area contributed by atoms with Crippen LogP contribution in [0.2, 0.25) is 0 Å². The summed E-state index contributed by atoms with van der Waals surface area (Å²) in [4.78, 5) is 38.5. The number of carbonyl (C=O) groups excluding carboxylic acids is 3. The Kier molecular flexibility index (Phi) is 66.7. The molecule has 0 fully saturated rings. The van der Waals surface area contributed by atoms with E-state index in [-0.39, 0.29) is 37.5 Å². The van der Waals surface area contributed by atoms with Gasteiger partial charge in [-0.15, -0.1) is 0 Å². The average molecular weight is 1140 g/mol. The third-order valence-electron chi connectivity index (χ3n) is 15.3. The lowest BCUT2D eigenvalue weighted by Crippen LogP contribution is -2.30. The van der Waals surface area contributed by atoms with Crippen LogP contribution < -0.4 is 0 Å². The molecule has 472 valence electrons. The van der Waals surface area contributed by atoms with Crippen molar-refractivity contribution in [2.75, 3.05) is 13.2 Å². The molecular formula is C76H132O6. The number of unbranched alkanes of at least 4 members (excludes halogenated alkanes) is 37. The fourth-order valence-corrected chi connectivity index (χ4v) is 10.1. The number of rotatable bonds is 64. The van der Waals surface area contributed by atoms with Crippen molar-refractivity contribution >= 4 is 17.9 Å². The van der Waals surface area contributed by atoms with Crippen molar-refractivity contribution in [3.8, 4) is 0 Å². The summed E-state index contributed by atoms with van der Waals surface area (Å²) in [7, 11) is 0. The van der Waals surface area contributed by atoms with Crippen LogP contribution in [-0.2, 0) is 28.6 Å². The molecule has 0 aliphatic heterocycles. The number of ether oxygens (including phenoxy) is 3. The van der Waals surface area contributed by atoms with E-state index < -0.39 is 6.10 Å². The van der Waals surface area contributed by atoms with Crippen molar-refractivity contribution in [1.82, 2.24) is 0 Å². The second-order valence-corrected chi connectivity index (χ2v) is 23.4. The van der Waals surface area contributed by atoms with Crippen LogP contribution in [0.3, 0.4) is 0 Å². The van der Waals surface area contributed by atoms with Crippen molar-refractivity contribution in [3.63, 3.8) is 0 Å². The van der Waals surface area contributed by atoms with Gasteiger partial charge in [-0.1, -0.05) is 323 Å². The van der Waals surface area contributed by atoms with Gasteiger partial charge in [0, 0.05) is 19.3 Å². The fourth-order valence-electron chi connectivity index (χ4n) is 10.1. The summed E-state index contributed by atoms with van der Waals surface area (Å²) in [5, 5.41) is 0. The van der Waals surface area contributed by atoms with Crippen LogP contribution in [0, 0.1) is 0 Å². The van der Waals surface area contributed by atoms with Crippen molar-refractivity contribution < 1.29 is 28.6 Å². The van der Waals surface area contributed by atoms with Crippen LogP contribution in [0.25, 0.3) is 0 Å². The Morgan fingerprint density at radius 3 is 0.768 bits per heavy atom. The predicted molar refractivity (Wildman–Crippen MR) is 357 cm³/mol. The normalized spacial score (nSPS) is 12.7. The minimum absolute atomic E-state index is 0.0929. The summed E-state index contributed by atoms with van der Waals surface area (Å²) in [5.41, 5.74) is 0. The maximum absolute atomic E-state index is 12.9. The van der Waals surface area contributed by atoms with Crippen LogP contribution in [0.15, 0.2) is 97.2 Å². The van der Waals surface area contributed by atoms with E-state index in [1.165, 1.54) is 205 Å². The summed E-state index contributed by atoms with van der Waals surface area (Å²) in [5.74, 6) is -0.921. The molecule has 1 atom stereocenters. The van der Waals surface area contributed by atoms with Crippen LogP contribution in [0.4, 0.5) is 0 Å². The predicted octanol–water partition coefficient (Wildman–Crippen LogP) is 24.4. The molecule has 0 spiro atoms. The van der Waals surface area contributed by atoms with E-state index in [2.05, 4.69) is 118 Å². The third-order valence-corrected chi connectivity index (χ3v) is 15.3. The summed E-state index contributed by atoms with van der Waals surface area (Å²) in [6, 6.07) is 0. The molecule has 0 heterocycles. The largest absolute Gasteiger partial charge is 0.462 e. The molecular weight excluding hydrogens is 1010 g/mol. The maximum atomic E-state index is 12.9. The van der Waals surface area contributed by atoms with Gasteiger partial charge in [-0.05, 0) is 103 Å². The van der Waals surface area contributed by atoms with Crippen molar-refractivity contribution in [2.45, 2.75) is 354 Å². The van der Waals surface area contributed by atoms with Gasteiger partial charge in [0.2, 0.25) is 0 Å². The lowest BCUT2D eigenvalue weighted by Gasteiger charge is -2.18. The molecule has 0 radical (unpaired) electrons. The standard InChI is InChI=1S/C76H132O6/c1-4-7-10-13-16-19-22-25-28-31-34-37-38-40-42-45-48-51-54-57-60-63-66-69-75(78)81-72-73(71-80-74(77)68-65-62-59-56-53-50-47-44-41-36-33-30-27-24-21-18-15-12-9-6-3)82-76(79)70-67-64-61-58-55-52-49-46-43-39-35-32-29-26-23-20-17-14-11-8-5-2/h8,11,17,20,22,25-26,29,31,34-35,39,46,49,55,58,73H,4-7,9-10,12-16,18-19,21,23-24,27-28,30,32-33,36-38,40-45,47-48,50-54,56-57,59-72H2,1-3H3/b11-8-,20-17-,25-22-,29-26-,34-31-,39-35-,49-46-,58-55-. The highest BCUT2D eigenvalue weighted by Gasteiger charge is 2.19. The molecule has 6 heteroatoms. The van der Waals surface area contributed by atoms with E-state index in [9.17, 15) is 14.4 Å². The first-order valence-corrected chi connectivity index (χ1v) is 35.2. The Morgan fingerprint density at radius 2 is 0.476 bits per heavy atom. The van der Waals surface area contributed by atoms with Gasteiger partial charge in [-0.25, -0.2) is 0 Å². The van der Waals surface area contributed by atoms with E-state index in [0.29, 0.717) is 19.3 Å². The Labute approximate surface area is 508 Å². The summed E-state index contributed by atoms with van der Waals surface area (Å²) < 4.78 is 17.0. The van der Waals surface area contributed by atoms with Crippen LogP contribution >= 0.6 is 0 Å². The molecule has 0 aromatic carbocycles. The minimum Gasteiger partial charge on any atom is -0.462 e. The van der Waals surface area contributed by atoms with E-state index in [0.717, 1.165) is 96.3 Å². The number of hydrogen-bond acceptors (Lipinski definition) is 6. The van der Waals surface area contributed by atoms with Gasteiger partial charge < -0.3 is 14.2 Å². The highest BCUT2D eigenvalue weighted by molar-refractivity contribution is 5.71. The monoisotopic (exact) mass is 1140 g/mol. The quantitative estimate of drug-likeness (QED) is 0.0261. The molecule has 0 rings (SSSR count). The molecule has 82 heavy (non-hydrogen) atoms. The van der Waals surface area contributed by atoms with Gasteiger partial charge in [0.25, 0.3) is 0 Å². The van der Waals surface area contributed by atoms with Gasteiger partial charge in [-0.2, -0.15) is 0 Å². The minimum atomic E-state index is -0.803. The molecule has 0 saturated heterocycles. The number of esters is 3. The summed E-state index contributed by atoms with van der Waals surface area (Å²) >= 11 is 0. The molecule has 0 N–H and O–H groups in total. The molecule has 0 aromatic heterocycles. The Bertz CT molecular complexity index is 1590. The van der Waals surface area contributed by atoms with Crippen LogP contribution in [0.1, 0.15) is 348 Å². The Morgan fingerprint density at radius 1 is 0.256 bits per heavy atom. The van der Waals surface area contributed by atoms with E-state index >= 15 is 0 Å². The third kappa shape index (κ3) is 67.1. The van der Waals surface area contributed by atoms with Gasteiger partial charge >= 0.3 is 17.9 Å². The van der Waals surface area contributed by atoms with Crippen LogP contribution in [-0.4, -0.2) is 37.2 Å². The molecule has 6 nitrogen and oxygen atoms in total. The van der Waals surface area contributed by atoms with Crippen molar-refractivity contribution in [2.24, 2.45) is 0 Å². The molecule has 0 amide bonds. The number of carbonyl (C=O) groups is 3. The van der Waals surface area contributed by atoms with Gasteiger partial charge in [0.1, 0.15) is 13.2 Å². The Hall–Kier alpha value is -3.67. The molecule has 0 aliphatic carbocycles. The second-order valence-electron chi connectivity index (χ2n) is 23.4. The summed E-state index contributed by atoms with van der Waals surface area (Å²) in [6.45, 7) is 6.53. The van der Waals surface area contributed by atoms with Crippen LogP contribution in [0.5, 0.6) is 0 Å². The zero-order valence-corrected chi connectivity index (χ0v) is 54.2. The SMILES string of the molecule is CC/C=C\C/C=C\C/C=C\C/C=C\C/C=C\C/C=C\CCCCC(=O)OC(COC(=O)CCCCCCCCCCCCC/C=C\C/C=C\CCCCCCC)COC(=O)CCCCCCCCCCCCCCCCCCCCCC. The van der Waals surface area contributed by atoms with Gasteiger partial charge in [0.05, 0.1) is 0 Å². The van der Waals surface area contributed by atoms with E-state index in [1.807, 2.05) is 0 Å².